The van der Waals surface area contributed by atoms with Crippen LogP contribution in [0.3, 0.4) is 0 Å². The highest BCUT2D eigenvalue weighted by Crippen LogP contribution is 2.41. The van der Waals surface area contributed by atoms with E-state index in [1.165, 1.54) is 51.4 Å². The number of aliphatic hydroxyl groups is 1. The Morgan fingerprint density at radius 3 is 2.05 bits per heavy atom. The number of benzene rings is 3. The van der Waals surface area contributed by atoms with Crippen molar-refractivity contribution in [2.45, 2.75) is 71.1 Å². The highest BCUT2D eigenvalue weighted by atomic mass is 35.5. The van der Waals surface area contributed by atoms with Crippen molar-refractivity contribution < 1.29 is 19.4 Å². The van der Waals surface area contributed by atoms with Gasteiger partial charge in [0.2, 0.25) is 0 Å². The van der Waals surface area contributed by atoms with E-state index in [4.69, 9.17) is 21.1 Å². The number of hydrogen-bond acceptors (Lipinski definition) is 4. The fraction of sp³-hybridized carbons (Fsp3) is 0.441. The Morgan fingerprint density at radius 1 is 0.825 bits per heavy atom. The van der Waals surface area contributed by atoms with E-state index in [1.807, 2.05) is 60.7 Å². The molecule has 3 aromatic carbocycles. The monoisotopic (exact) mass is 565 g/mol. The number of unbranched alkanes of at least 4 members (excludes halogenated alkanes) is 9. The Balaban J connectivity index is 1.75. The van der Waals surface area contributed by atoms with Crippen molar-refractivity contribution in [3.05, 3.63) is 71.2 Å². The first-order chi connectivity index (χ1) is 19.6. The molecule has 3 rings (SSSR count). The molecule has 0 bridgehead atoms. The Labute approximate surface area is 244 Å². The van der Waals surface area contributed by atoms with Crippen LogP contribution in [-0.2, 0) is 0 Å². The molecule has 0 radical (unpaired) electrons. The molecule has 0 heterocycles. The highest BCUT2D eigenvalue weighted by molar-refractivity contribution is 6.30. The van der Waals surface area contributed by atoms with Crippen molar-refractivity contribution in [3.63, 3.8) is 0 Å². The van der Waals surface area contributed by atoms with E-state index >= 15 is 0 Å². The zero-order valence-corrected chi connectivity index (χ0v) is 24.8. The molecular weight excluding hydrogens is 522 g/mol. The first-order valence-electron chi connectivity index (χ1n) is 14.7. The van der Waals surface area contributed by atoms with Crippen molar-refractivity contribution in [2.75, 3.05) is 26.9 Å². The zero-order chi connectivity index (χ0) is 28.6. The summed E-state index contributed by atoms with van der Waals surface area (Å²) in [4.78, 5) is 13.3. The average Bonchev–Trinajstić information content (AvgIpc) is 2.98. The maximum Gasteiger partial charge on any atom is 0.251 e. The summed E-state index contributed by atoms with van der Waals surface area (Å²) in [5.41, 5.74) is 3.76. The molecular formula is C34H44ClNO4. The molecule has 2 N–H and O–H groups in total. The van der Waals surface area contributed by atoms with E-state index in [2.05, 4.69) is 12.2 Å². The third-order valence-corrected chi connectivity index (χ3v) is 7.28. The predicted octanol–water partition coefficient (Wildman–Crippen LogP) is 8.70. The van der Waals surface area contributed by atoms with Gasteiger partial charge in [0.05, 0.1) is 13.7 Å². The fourth-order valence-corrected chi connectivity index (χ4v) is 5.03. The van der Waals surface area contributed by atoms with Crippen molar-refractivity contribution in [1.29, 1.82) is 0 Å². The maximum absolute atomic E-state index is 13.3. The summed E-state index contributed by atoms with van der Waals surface area (Å²) >= 11 is 6.33. The van der Waals surface area contributed by atoms with E-state index < -0.39 is 0 Å². The van der Waals surface area contributed by atoms with Crippen molar-refractivity contribution in [2.24, 2.45) is 0 Å². The van der Waals surface area contributed by atoms with Gasteiger partial charge in [0.15, 0.2) is 0 Å². The third-order valence-electron chi connectivity index (χ3n) is 7.04. The predicted molar refractivity (Wildman–Crippen MR) is 166 cm³/mol. The second-order valence-corrected chi connectivity index (χ2v) is 10.6. The van der Waals surface area contributed by atoms with E-state index in [1.54, 1.807) is 7.11 Å². The van der Waals surface area contributed by atoms with Gasteiger partial charge in [-0.15, -0.1) is 0 Å². The minimum atomic E-state index is -0.127. The lowest BCUT2D eigenvalue weighted by Crippen LogP contribution is -2.24. The summed E-state index contributed by atoms with van der Waals surface area (Å²) in [6, 6.07) is 18.8. The van der Waals surface area contributed by atoms with E-state index in [0.717, 1.165) is 40.8 Å². The highest BCUT2D eigenvalue weighted by Gasteiger charge is 2.19. The molecule has 1 amide bonds. The summed E-state index contributed by atoms with van der Waals surface area (Å²) in [5, 5.41) is 13.2. The topological polar surface area (TPSA) is 67.8 Å². The SMILES string of the molecule is CCCCCCCCCCCCNC(=O)c1cc(-c2ccc(OC)cc2)c(OCCO)c(-c2cccc(Cl)c2)c1. The molecule has 0 aliphatic heterocycles. The second-order valence-electron chi connectivity index (χ2n) is 10.1. The number of amides is 1. The van der Waals surface area contributed by atoms with E-state index in [9.17, 15) is 9.90 Å². The molecule has 0 atom stereocenters. The summed E-state index contributed by atoms with van der Waals surface area (Å²) in [6.07, 6.45) is 12.5. The van der Waals surface area contributed by atoms with Gasteiger partial charge in [-0.25, -0.2) is 0 Å². The van der Waals surface area contributed by atoms with Gasteiger partial charge in [-0.3, -0.25) is 4.79 Å². The van der Waals surface area contributed by atoms with Gasteiger partial charge < -0.3 is 19.9 Å². The number of methoxy groups -OCH3 is 1. The number of rotatable bonds is 18. The van der Waals surface area contributed by atoms with Crippen LogP contribution in [-0.4, -0.2) is 37.9 Å². The van der Waals surface area contributed by atoms with Crippen LogP contribution in [0.4, 0.5) is 0 Å². The second kappa shape index (κ2) is 17.6. The molecule has 0 saturated heterocycles. The molecule has 0 aliphatic carbocycles. The number of carbonyl (C=O) groups is 1. The number of aliphatic hydroxyl groups excluding tert-OH is 1. The number of nitrogens with one attached hydrogen (secondary N) is 1. The van der Waals surface area contributed by atoms with Gasteiger partial charge >= 0.3 is 0 Å². The lowest BCUT2D eigenvalue weighted by molar-refractivity contribution is 0.0953. The zero-order valence-electron chi connectivity index (χ0n) is 24.0. The van der Waals surface area contributed by atoms with Crippen LogP contribution in [0.2, 0.25) is 5.02 Å². The van der Waals surface area contributed by atoms with E-state index in [0.29, 0.717) is 22.9 Å². The summed E-state index contributed by atoms with van der Waals surface area (Å²) < 4.78 is 11.4. The van der Waals surface area contributed by atoms with Crippen molar-refractivity contribution >= 4 is 17.5 Å². The largest absolute Gasteiger partial charge is 0.497 e. The van der Waals surface area contributed by atoms with Gasteiger partial charge in [-0.1, -0.05) is 101 Å². The fourth-order valence-electron chi connectivity index (χ4n) is 4.84. The molecule has 5 nitrogen and oxygen atoms in total. The lowest BCUT2D eigenvalue weighted by Gasteiger charge is -2.19. The van der Waals surface area contributed by atoms with Crippen LogP contribution in [0.1, 0.15) is 81.5 Å². The molecule has 216 valence electrons. The molecule has 0 unspecified atom stereocenters. The Hall–Kier alpha value is -3.02. The average molecular weight is 566 g/mol. The molecule has 0 saturated carbocycles. The first-order valence-corrected chi connectivity index (χ1v) is 15.1. The normalized spacial score (nSPS) is 10.9. The number of halogens is 1. The first kappa shape index (κ1) is 31.5. The number of carbonyl (C=O) groups excluding carboxylic acids is 1. The van der Waals surface area contributed by atoms with Crippen LogP contribution in [0, 0.1) is 0 Å². The van der Waals surface area contributed by atoms with Crippen LogP contribution in [0.5, 0.6) is 11.5 Å². The summed E-state index contributed by atoms with van der Waals surface area (Å²) in [6.45, 7) is 2.89. The molecule has 0 aliphatic rings. The van der Waals surface area contributed by atoms with E-state index in [-0.39, 0.29) is 19.1 Å². The quantitative estimate of drug-likeness (QED) is 0.151. The molecule has 0 spiro atoms. The molecule has 6 heteroatoms. The van der Waals surface area contributed by atoms with Gasteiger partial charge in [-0.2, -0.15) is 0 Å². The minimum absolute atomic E-state index is 0.123. The molecule has 0 fully saturated rings. The Bertz CT molecular complexity index is 1180. The number of hydrogen-bond donors (Lipinski definition) is 2. The molecule has 3 aromatic rings. The Morgan fingerprint density at radius 2 is 1.45 bits per heavy atom. The van der Waals surface area contributed by atoms with Crippen LogP contribution in [0.15, 0.2) is 60.7 Å². The summed E-state index contributed by atoms with van der Waals surface area (Å²) in [5.74, 6) is 1.21. The smallest absolute Gasteiger partial charge is 0.251 e. The number of ether oxygens (including phenoxy) is 2. The maximum atomic E-state index is 13.3. The van der Waals surface area contributed by atoms with Crippen LogP contribution in [0.25, 0.3) is 22.3 Å². The van der Waals surface area contributed by atoms with Gasteiger partial charge in [-0.05, 0) is 53.9 Å². The standard InChI is InChI=1S/C34H44ClNO4/c1-3-4-5-6-7-8-9-10-11-12-20-36-34(38)28-24-31(26-16-18-30(39-2)19-17-26)33(40-22-21-37)32(25-28)27-14-13-15-29(35)23-27/h13-19,23-25,37H,3-12,20-22H2,1-2H3,(H,36,38). The van der Waals surface area contributed by atoms with Crippen LogP contribution >= 0.6 is 11.6 Å². The summed E-state index contributed by atoms with van der Waals surface area (Å²) in [7, 11) is 1.63. The molecule has 40 heavy (non-hydrogen) atoms. The minimum Gasteiger partial charge on any atom is -0.497 e. The van der Waals surface area contributed by atoms with Gasteiger partial charge in [0, 0.05) is 28.3 Å². The lowest BCUT2D eigenvalue weighted by atomic mass is 9.94. The van der Waals surface area contributed by atoms with Crippen molar-refractivity contribution in [1.82, 2.24) is 5.32 Å². The molecule has 0 aromatic heterocycles. The van der Waals surface area contributed by atoms with Gasteiger partial charge in [0.25, 0.3) is 5.91 Å². The van der Waals surface area contributed by atoms with Crippen LogP contribution < -0.4 is 14.8 Å². The third kappa shape index (κ3) is 9.87. The van der Waals surface area contributed by atoms with Gasteiger partial charge in [0.1, 0.15) is 18.1 Å². The Kier molecular flexibility index (Phi) is 13.9. The van der Waals surface area contributed by atoms with Crippen molar-refractivity contribution in [3.8, 4) is 33.8 Å².